The lowest BCUT2D eigenvalue weighted by Crippen LogP contribution is -2.15. The number of aromatic nitrogens is 2. The Morgan fingerprint density at radius 1 is 1.00 bits per heavy atom. The number of allylic oxidation sites excluding steroid dienone is 2. The second kappa shape index (κ2) is 13.2. The summed E-state index contributed by atoms with van der Waals surface area (Å²) in [5.74, 6) is 3.39. The Morgan fingerprint density at radius 3 is 2.84 bits per heavy atom. The maximum atomic E-state index is 6.15. The third kappa shape index (κ3) is 6.78. The van der Waals surface area contributed by atoms with Crippen LogP contribution < -0.4 is 15.4 Å². The van der Waals surface area contributed by atoms with Crippen molar-refractivity contribution in [3.8, 4) is 5.75 Å². The van der Waals surface area contributed by atoms with E-state index in [1.54, 1.807) is 7.11 Å². The van der Waals surface area contributed by atoms with Crippen molar-refractivity contribution < 1.29 is 9.47 Å². The van der Waals surface area contributed by atoms with Crippen molar-refractivity contribution in [3.63, 3.8) is 0 Å². The molecule has 0 aliphatic carbocycles. The van der Waals surface area contributed by atoms with Crippen LogP contribution in [0, 0.1) is 5.92 Å². The number of fused-ring (bicyclic) bond motifs is 6. The van der Waals surface area contributed by atoms with Crippen LogP contribution in [0.1, 0.15) is 44.1 Å². The number of rotatable bonds is 2. The third-order valence-electron chi connectivity index (χ3n) is 7.03. The maximum absolute atomic E-state index is 6.15. The second-order valence-corrected chi connectivity index (χ2v) is 9.80. The molecule has 2 aliphatic heterocycles. The van der Waals surface area contributed by atoms with Gasteiger partial charge in [-0.15, -0.1) is 0 Å². The number of nitrogens with one attached hydrogen (secondary N) is 2. The van der Waals surface area contributed by atoms with Crippen LogP contribution in [-0.2, 0) is 11.3 Å². The topological polar surface area (TPSA) is 80.7 Å². The standard InChI is InChI=1S/C31H37N5O2/c1-37-22-25-17-18-32-29-20-23(25)12-6-4-2-3-5-11-19-38-28-16-10-7-13-24(28)21-33-31-34-27-15-9-8-14-26(27)30(35-29)36-31/h4,6-10,13-16,20,25H,2-3,5,11-12,17-19,21-22H2,1H3,(H2,32,33,34,35,36)/b6-4-. The molecule has 0 radical (unpaired) electrons. The largest absolute Gasteiger partial charge is 0.493 e. The van der Waals surface area contributed by atoms with Crippen molar-refractivity contribution in [1.29, 1.82) is 0 Å². The van der Waals surface area contributed by atoms with Gasteiger partial charge in [-0.05, 0) is 62.8 Å². The number of nitrogens with zero attached hydrogens (tertiary/aromatic N) is 3. The maximum Gasteiger partial charge on any atom is 0.225 e. The lowest BCUT2D eigenvalue weighted by molar-refractivity contribution is 0.162. The van der Waals surface area contributed by atoms with E-state index in [4.69, 9.17) is 24.4 Å². The predicted molar refractivity (Wildman–Crippen MR) is 155 cm³/mol. The van der Waals surface area contributed by atoms with Gasteiger partial charge in [0.15, 0.2) is 0 Å². The molecule has 4 bridgehead atoms. The number of anilines is 2. The van der Waals surface area contributed by atoms with Gasteiger partial charge in [0, 0.05) is 37.1 Å². The molecule has 38 heavy (non-hydrogen) atoms. The van der Waals surface area contributed by atoms with Crippen LogP contribution in [0.3, 0.4) is 0 Å². The van der Waals surface area contributed by atoms with Crippen molar-refractivity contribution in [2.75, 3.05) is 37.5 Å². The Morgan fingerprint density at radius 2 is 1.89 bits per heavy atom. The average Bonchev–Trinajstić information content (AvgIpc) is 3.12. The van der Waals surface area contributed by atoms with Crippen molar-refractivity contribution >= 4 is 28.5 Å². The van der Waals surface area contributed by atoms with Crippen LogP contribution in [0.2, 0.25) is 0 Å². The van der Waals surface area contributed by atoms with Crippen LogP contribution >= 0.6 is 0 Å². The zero-order valence-electron chi connectivity index (χ0n) is 22.2. The van der Waals surface area contributed by atoms with E-state index >= 15 is 0 Å². The van der Waals surface area contributed by atoms with Gasteiger partial charge < -0.3 is 20.1 Å². The van der Waals surface area contributed by atoms with Gasteiger partial charge in [-0.25, -0.2) is 4.98 Å². The highest BCUT2D eigenvalue weighted by Crippen LogP contribution is 2.27. The molecule has 2 N–H and O–H groups in total. The molecular weight excluding hydrogens is 474 g/mol. The van der Waals surface area contributed by atoms with Gasteiger partial charge in [0.25, 0.3) is 0 Å². The highest BCUT2D eigenvalue weighted by Gasteiger charge is 2.18. The number of ether oxygens (including phenoxy) is 2. The van der Waals surface area contributed by atoms with Gasteiger partial charge in [0.2, 0.25) is 5.95 Å². The molecule has 5 rings (SSSR count). The fourth-order valence-electron chi connectivity index (χ4n) is 4.96. The fraction of sp³-hybridized carbons (Fsp3) is 0.387. The van der Waals surface area contributed by atoms with Crippen LogP contribution in [0.15, 0.2) is 77.3 Å². The van der Waals surface area contributed by atoms with Crippen molar-refractivity contribution in [2.24, 2.45) is 10.9 Å². The van der Waals surface area contributed by atoms with Gasteiger partial charge in [-0.2, -0.15) is 4.98 Å². The summed E-state index contributed by atoms with van der Waals surface area (Å²) >= 11 is 0. The Bertz CT molecular complexity index is 1320. The number of hydrogen-bond acceptors (Lipinski definition) is 7. The van der Waals surface area contributed by atoms with Gasteiger partial charge in [0.05, 0.1) is 18.7 Å². The Hall–Kier alpha value is -3.71. The number of benzene rings is 2. The molecule has 3 heterocycles. The molecular formula is C31H37N5O2. The Kier molecular flexibility index (Phi) is 9.00. The molecule has 1 atom stereocenters. The van der Waals surface area contributed by atoms with E-state index in [9.17, 15) is 0 Å². The highest BCUT2D eigenvalue weighted by molar-refractivity contribution is 6.08. The summed E-state index contributed by atoms with van der Waals surface area (Å²) in [6.45, 7) is 2.73. The minimum absolute atomic E-state index is 0.349. The SMILES string of the molecule is COCC1CCN=C2C=C1C/C=C\CCCCCOc1ccccc1CNc1nc(c3ccccc3n1)N2. The van der Waals surface area contributed by atoms with Crippen molar-refractivity contribution in [3.05, 3.63) is 77.9 Å². The van der Waals surface area contributed by atoms with Crippen LogP contribution in [0.5, 0.6) is 5.75 Å². The Balaban J connectivity index is 1.49. The third-order valence-corrected chi connectivity index (χ3v) is 7.03. The summed E-state index contributed by atoms with van der Waals surface area (Å²) in [4.78, 5) is 14.5. The van der Waals surface area contributed by atoms with Gasteiger partial charge in [0.1, 0.15) is 17.4 Å². The van der Waals surface area contributed by atoms with Crippen LogP contribution in [0.25, 0.3) is 10.9 Å². The fourth-order valence-corrected chi connectivity index (χ4v) is 4.96. The van der Waals surface area contributed by atoms with E-state index in [1.165, 1.54) is 5.57 Å². The molecule has 2 aliphatic rings. The van der Waals surface area contributed by atoms with E-state index in [1.807, 2.05) is 42.5 Å². The summed E-state index contributed by atoms with van der Waals surface area (Å²) < 4.78 is 11.7. The van der Waals surface area contributed by atoms with Crippen LogP contribution in [-0.4, -0.2) is 42.7 Å². The zero-order chi connectivity index (χ0) is 26.0. The molecule has 0 fully saturated rings. The predicted octanol–water partition coefficient (Wildman–Crippen LogP) is 6.54. The quantitative estimate of drug-likeness (QED) is 0.380. The summed E-state index contributed by atoms with van der Waals surface area (Å²) in [7, 11) is 1.77. The number of hydrogen-bond donors (Lipinski definition) is 2. The number of para-hydroxylation sites is 2. The molecule has 0 amide bonds. The first-order chi connectivity index (χ1) is 18.8. The molecule has 3 aromatic rings. The molecule has 2 aromatic carbocycles. The summed E-state index contributed by atoms with van der Waals surface area (Å²) in [5.41, 5.74) is 3.29. The lowest BCUT2D eigenvalue weighted by Gasteiger charge is -2.17. The molecule has 1 aromatic heterocycles. The first kappa shape index (κ1) is 25.9. The molecule has 0 saturated carbocycles. The van der Waals surface area contributed by atoms with Gasteiger partial charge in [-0.1, -0.05) is 48.1 Å². The van der Waals surface area contributed by atoms with E-state index in [-0.39, 0.29) is 0 Å². The highest BCUT2D eigenvalue weighted by atomic mass is 16.5. The molecule has 1 unspecified atom stereocenters. The first-order valence-corrected chi connectivity index (χ1v) is 13.7. The van der Waals surface area contributed by atoms with Crippen molar-refractivity contribution in [2.45, 2.75) is 45.1 Å². The monoisotopic (exact) mass is 511 g/mol. The molecule has 198 valence electrons. The first-order valence-electron chi connectivity index (χ1n) is 13.7. The average molecular weight is 512 g/mol. The van der Waals surface area contributed by atoms with E-state index in [0.29, 0.717) is 25.0 Å². The van der Waals surface area contributed by atoms with Gasteiger partial charge in [-0.3, -0.25) is 4.99 Å². The summed E-state index contributed by atoms with van der Waals surface area (Å²) in [6, 6.07) is 16.2. The molecule has 7 heteroatoms. The smallest absolute Gasteiger partial charge is 0.225 e. The molecule has 0 spiro atoms. The second-order valence-electron chi connectivity index (χ2n) is 9.80. The summed E-state index contributed by atoms with van der Waals surface area (Å²) in [5, 5.41) is 7.91. The minimum atomic E-state index is 0.349. The Labute approximate surface area is 225 Å². The van der Waals surface area contributed by atoms with Crippen LogP contribution in [0.4, 0.5) is 11.8 Å². The zero-order valence-corrected chi connectivity index (χ0v) is 22.2. The van der Waals surface area contributed by atoms with E-state index in [2.05, 4.69) is 34.9 Å². The van der Waals surface area contributed by atoms with E-state index < -0.39 is 0 Å². The normalized spacial score (nSPS) is 19.9. The minimum Gasteiger partial charge on any atom is -0.493 e. The number of aliphatic imine (C=N–C) groups is 1. The molecule has 0 saturated heterocycles. The van der Waals surface area contributed by atoms with E-state index in [0.717, 1.165) is 85.5 Å². The number of amidine groups is 1. The van der Waals surface area contributed by atoms with Crippen molar-refractivity contribution in [1.82, 2.24) is 9.97 Å². The lowest BCUT2D eigenvalue weighted by atomic mass is 9.93. The molecule has 7 nitrogen and oxygen atoms in total. The number of methoxy groups -OCH3 is 1. The summed E-state index contributed by atoms with van der Waals surface area (Å²) in [6.07, 6.45) is 13.1. The van der Waals surface area contributed by atoms with Gasteiger partial charge >= 0.3 is 0 Å².